The fourth-order valence-electron chi connectivity index (χ4n) is 2.58. The van der Waals surface area contributed by atoms with Crippen molar-refractivity contribution < 1.29 is 4.74 Å². The molecule has 2 N–H and O–H groups in total. The maximum absolute atomic E-state index is 12.7. The molecule has 0 aromatic carbocycles. The first kappa shape index (κ1) is 18.2. The molecule has 138 valence electrons. The molecule has 0 amide bonds. The second-order valence-corrected chi connectivity index (χ2v) is 7.49. The Morgan fingerprint density at radius 2 is 2.00 bits per heavy atom. The summed E-state index contributed by atoms with van der Waals surface area (Å²) in [7, 11) is 0. The molecule has 3 aromatic rings. The largest absolute Gasteiger partial charge is 0.488 e. The zero-order chi connectivity index (χ0) is 18.8. The average molecular weight is 375 g/mol. The van der Waals surface area contributed by atoms with Gasteiger partial charge in [-0.05, 0) is 18.4 Å². The number of rotatable bonds is 6. The third kappa shape index (κ3) is 3.50. The predicted molar refractivity (Wildman–Crippen MR) is 103 cm³/mol. The van der Waals surface area contributed by atoms with Gasteiger partial charge in [-0.3, -0.25) is 19.1 Å². The lowest BCUT2D eigenvalue weighted by Crippen LogP contribution is -2.35. The van der Waals surface area contributed by atoms with E-state index in [4.69, 9.17) is 4.74 Å². The Morgan fingerprint density at radius 3 is 2.65 bits per heavy atom. The van der Waals surface area contributed by atoms with E-state index in [1.54, 1.807) is 0 Å². The molecule has 0 aliphatic heterocycles. The number of pyridine rings is 1. The van der Waals surface area contributed by atoms with Crippen molar-refractivity contribution in [2.24, 2.45) is 0 Å². The van der Waals surface area contributed by atoms with E-state index in [0.717, 1.165) is 15.9 Å². The fraction of sp³-hybridized carbons (Fsp3) is 0.389. The summed E-state index contributed by atoms with van der Waals surface area (Å²) in [4.78, 5) is 44.4. The molecular formula is C18H21N3O4S. The molecular weight excluding hydrogens is 354 g/mol. The van der Waals surface area contributed by atoms with Crippen molar-refractivity contribution >= 4 is 21.6 Å². The Labute approximate surface area is 153 Å². The van der Waals surface area contributed by atoms with Gasteiger partial charge in [-0.15, -0.1) is 11.3 Å². The highest BCUT2D eigenvalue weighted by molar-refractivity contribution is 7.18. The summed E-state index contributed by atoms with van der Waals surface area (Å²) in [5.41, 5.74) is -0.675. The highest BCUT2D eigenvalue weighted by Crippen LogP contribution is 2.26. The molecule has 0 unspecified atom stereocenters. The van der Waals surface area contributed by atoms with Gasteiger partial charge in [-0.25, -0.2) is 4.79 Å². The van der Waals surface area contributed by atoms with Gasteiger partial charge >= 0.3 is 5.69 Å². The van der Waals surface area contributed by atoms with Crippen molar-refractivity contribution in [1.82, 2.24) is 14.5 Å². The number of hydrogen-bond acceptors (Lipinski definition) is 5. The Bertz CT molecular complexity index is 1100. The van der Waals surface area contributed by atoms with Crippen molar-refractivity contribution in [2.45, 2.75) is 39.7 Å². The van der Waals surface area contributed by atoms with Gasteiger partial charge in [-0.1, -0.05) is 20.8 Å². The molecule has 0 aliphatic rings. The molecule has 0 saturated carbocycles. The Morgan fingerprint density at radius 1 is 1.23 bits per heavy atom. The lowest BCUT2D eigenvalue weighted by Gasteiger charge is -2.07. The van der Waals surface area contributed by atoms with Crippen LogP contribution >= 0.6 is 11.3 Å². The number of fused-ring (bicyclic) bond motifs is 1. The first-order chi connectivity index (χ1) is 12.4. The summed E-state index contributed by atoms with van der Waals surface area (Å²) in [5.74, 6) is 0.502. The second kappa shape index (κ2) is 7.33. The van der Waals surface area contributed by atoms with E-state index < -0.39 is 5.69 Å². The summed E-state index contributed by atoms with van der Waals surface area (Å²) in [6.45, 7) is 6.46. The number of thiophene rings is 1. The molecule has 0 radical (unpaired) electrons. The molecule has 3 heterocycles. The number of aromatic nitrogens is 3. The van der Waals surface area contributed by atoms with Gasteiger partial charge in [0.2, 0.25) is 5.43 Å². The van der Waals surface area contributed by atoms with Gasteiger partial charge in [0.05, 0.1) is 18.5 Å². The minimum atomic E-state index is -0.494. The quantitative estimate of drug-likeness (QED) is 0.691. The molecule has 7 nitrogen and oxygen atoms in total. The molecule has 0 bridgehead atoms. The van der Waals surface area contributed by atoms with E-state index in [2.05, 4.69) is 9.97 Å². The highest BCUT2D eigenvalue weighted by atomic mass is 32.1. The average Bonchev–Trinajstić information content (AvgIpc) is 3.02. The number of nitrogens with one attached hydrogen (secondary N) is 2. The van der Waals surface area contributed by atoms with E-state index in [-0.39, 0.29) is 29.2 Å². The Balaban J connectivity index is 1.98. The van der Waals surface area contributed by atoms with Gasteiger partial charge in [0.25, 0.3) is 5.56 Å². The maximum Gasteiger partial charge on any atom is 0.329 e. The van der Waals surface area contributed by atoms with Crippen LogP contribution in [0.25, 0.3) is 10.2 Å². The van der Waals surface area contributed by atoms with Crippen LogP contribution in [0.5, 0.6) is 5.75 Å². The summed E-state index contributed by atoms with van der Waals surface area (Å²) in [6, 6.07) is 3.18. The van der Waals surface area contributed by atoms with E-state index in [9.17, 15) is 14.4 Å². The van der Waals surface area contributed by atoms with Crippen molar-refractivity contribution in [3.8, 4) is 5.75 Å². The zero-order valence-corrected chi connectivity index (χ0v) is 15.7. The van der Waals surface area contributed by atoms with E-state index in [0.29, 0.717) is 22.5 Å². The van der Waals surface area contributed by atoms with E-state index in [1.165, 1.54) is 23.6 Å². The Kier molecular flexibility index (Phi) is 5.13. The van der Waals surface area contributed by atoms with Crippen LogP contribution < -0.4 is 21.4 Å². The molecule has 0 aliphatic carbocycles. The lowest BCUT2D eigenvalue weighted by atomic mass is 10.2. The van der Waals surface area contributed by atoms with Crippen molar-refractivity contribution in [2.75, 3.05) is 6.61 Å². The number of ether oxygens (including phenoxy) is 1. The van der Waals surface area contributed by atoms with Crippen LogP contribution in [0.4, 0.5) is 0 Å². The van der Waals surface area contributed by atoms with Crippen LogP contribution in [0.1, 0.15) is 43.7 Å². The van der Waals surface area contributed by atoms with Gasteiger partial charge in [0.15, 0.2) is 5.75 Å². The van der Waals surface area contributed by atoms with Crippen molar-refractivity contribution in [3.63, 3.8) is 0 Å². The number of aromatic amines is 2. The summed E-state index contributed by atoms with van der Waals surface area (Å²) >= 11 is 1.42. The minimum absolute atomic E-state index is 0.0136. The van der Waals surface area contributed by atoms with Gasteiger partial charge < -0.3 is 9.72 Å². The zero-order valence-electron chi connectivity index (χ0n) is 14.9. The minimum Gasteiger partial charge on any atom is -0.488 e. The monoisotopic (exact) mass is 375 g/mol. The van der Waals surface area contributed by atoms with Crippen LogP contribution in [-0.4, -0.2) is 21.1 Å². The summed E-state index contributed by atoms with van der Waals surface area (Å²) < 4.78 is 6.44. The van der Waals surface area contributed by atoms with E-state index >= 15 is 0 Å². The summed E-state index contributed by atoms with van der Waals surface area (Å²) in [6.07, 6.45) is 2.26. The molecule has 0 spiro atoms. The first-order valence-corrected chi connectivity index (χ1v) is 9.33. The van der Waals surface area contributed by atoms with Crippen LogP contribution in [-0.2, 0) is 6.54 Å². The van der Waals surface area contributed by atoms with Crippen molar-refractivity contribution in [1.29, 1.82) is 0 Å². The highest BCUT2D eigenvalue weighted by Gasteiger charge is 2.14. The first-order valence-electron chi connectivity index (χ1n) is 8.51. The molecule has 3 rings (SSSR count). The predicted octanol–water partition coefficient (Wildman–Crippen LogP) is 2.40. The number of hydrogen-bond donors (Lipinski definition) is 2. The fourth-order valence-corrected chi connectivity index (χ4v) is 3.62. The van der Waals surface area contributed by atoms with Crippen LogP contribution in [0.3, 0.4) is 0 Å². The van der Waals surface area contributed by atoms with E-state index in [1.807, 2.05) is 26.8 Å². The molecule has 0 saturated heterocycles. The van der Waals surface area contributed by atoms with Crippen LogP contribution in [0.15, 0.2) is 32.7 Å². The Hall–Kier alpha value is -2.61. The molecule has 0 atom stereocenters. The molecule has 3 aromatic heterocycles. The van der Waals surface area contributed by atoms with Crippen LogP contribution in [0, 0.1) is 0 Å². The molecule has 26 heavy (non-hydrogen) atoms. The lowest BCUT2D eigenvalue weighted by molar-refractivity contribution is 0.313. The van der Waals surface area contributed by atoms with Crippen molar-refractivity contribution in [3.05, 3.63) is 60.0 Å². The number of nitrogens with zero attached hydrogens (tertiary/aromatic N) is 1. The topological polar surface area (TPSA) is 96.9 Å². The van der Waals surface area contributed by atoms with Gasteiger partial charge in [-0.2, -0.15) is 0 Å². The SMILES string of the molecule is CCCOc1c[nH]c(Cn2c(=O)[nH]c3sc(C(C)C)cc3c2=O)cc1=O. The second-order valence-electron chi connectivity index (χ2n) is 6.40. The standard InChI is InChI=1S/C18H21N3O4S/c1-4-5-25-14-8-19-11(6-13(14)22)9-21-17(23)12-7-15(10(2)3)26-16(12)20-18(21)24/h6-8,10H,4-5,9H2,1-3H3,(H,19,22)(H,20,24). The smallest absolute Gasteiger partial charge is 0.329 e. The third-order valence-corrected chi connectivity index (χ3v) is 5.34. The number of H-pyrrole nitrogens is 2. The summed E-state index contributed by atoms with van der Waals surface area (Å²) in [5, 5.41) is 0.489. The van der Waals surface area contributed by atoms with Gasteiger partial charge in [0, 0.05) is 22.8 Å². The third-order valence-electron chi connectivity index (χ3n) is 3.99. The van der Waals surface area contributed by atoms with Gasteiger partial charge in [0.1, 0.15) is 4.83 Å². The van der Waals surface area contributed by atoms with Crippen LogP contribution in [0.2, 0.25) is 0 Å². The molecule has 0 fully saturated rings. The maximum atomic E-state index is 12.7. The normalized spacial score (nSPS) is 11.4. The molecule has 8 heteroatoms.